The molecule has 1 saturated heterocycles. The first-order valence-electron chi connectivity index (χ1n) is 10.3. The predicted octanol–water partition coefficient (Wildman–Crippen LogP) is 3.23. The summed E-state index contributed by atoms with van der Waals surface area (Å²) in [6, 6.07) is 3.86. The van der Waals surface area contributed by atoms with E-state index in [1.807, 2.05) is 17.5 Å². The molecule has 7 heteroatoms. The van der Waals surface area contributed by atoms with Crippen LogP contribution in [0, 0.1) is 11.8 Å². The summed E-state index contributed by atoms with van der Waals surface area (Å²) in [7, 11) is 0. The Morgan fingerprint density at radius 3 is 2.54 bits per heavy atom. The SMILES string of the molecule is CC(OC(=O)C1CCN(C(=O)c2cccs2)CC1)C(=O)NC1CCCCC1C. The number of nitrogens with one attached hydrogen (secondary N) is 1. The molecule has 1 saturated carbocycles. The molecule has 154 valence electrons. The number of ether oxygens (including phenoxy) is 1. The summed E-state index contributed by atoms with van der Waals surface area (Å²) in [6.07, 6.45) is 4.82. The third kappa shape index (κ3) is 5.13. The van der Waals surface area contributed by atoms with E-state index in [1.165, 1.54) is 17.8 Å². The zero-order chi connectivity index (χ0) is 20.1. The zero-order valence-electron chi connectivity index (χ0n) is 16.7. The van der Waals surface area contributed by atoms with Crippen LogP contribution in [0.5, 0.6) is 0 Å². The molecule has 28 heavy (non-hydrogen) atoms. The number of nitrogens with zero attached hydrogens (tertiary/aromatic N) is 1. The van der Waals surface area contributed by atoms with Crippen LogP contribution in [0.25, 0.3) is 0 Å². The lowest BCUT2D eigenvalue weighted by atomic mass is 9.86. The van der Waals surface area contributed by atoms with Gasteiger partial charge < -0.3 is 15.0 Å². The number of hydrogen-bond donors (Lipinski definition) is 1. The topological polar surface area (TPSA) is 75.7 Å². The summed E-state index contributed by atoms with van der Waals surface area (Å²) < 4.78 is 5.44. The molecule has 0 aromatic carbocycles. The molecular weight excluding hydrogens is 376 g/mol. The quantitative estimate of drug-likeness (QED) is 0.762. The Kier molecular flexibility index (Phi) is 7.10. The Hall–Kier alpha value is -1.89. The third-order valence-corrected chi connectivity index (χ3v) is 6.81. The lowest BCUT2D eigenvalue weighted by molar-refractivity contribution is -0.160. The number of rotatable bonds is 5. The van der Waals surface area contributed by atoms with Crippen LogP contribution in [0.15, 0.2) is 17.5 Å². The van der Waals surface area contributed by atoms with Crippen molar-refractivity contribution in [1.82, 2.24) is 10.2 Å². The van der Waals surface area contributed by atoms with Crippen molar-refractivity contribution in [2.75, 3.05) is 13.1 Å². The minimum atomic E-state index is -0.785. The van der Waals surface area contributed by atoms with Gasteiger partial charge in [-0.25, -0.2) is 0 Å². The number of esters is 1. The standard InChI is InChI=1S/C21H30N2O4S/c1-14-6-3-4-7-17(14)22-19(24)15(2)27-21(26)16-9-11-23(12-10-16)20(25)18-8-5-13-28-18/h5,8,13-17H,3-4,6-7,9-12H2,1-2H3,(H,22,24). The van der Waals surface area contributed by atoms with Gasteiger partial charge in [0.2, 0.25) is 0 Å². The number of carbonyl (C=O) groups excluding carboxylic acids is 3. The average Bonchev–Trinajstić information content (AvgIpc) is 3.24. The van der Waals surface area contributed by atoms with Gasteiger partial charge in [0.1, 0.15) is 0 Å². The lowest BCUT2D eigenvalue weighted by Crippen LogP contribution is -2.47. The first-order valence-corrected chi connectivity index (χ1v) is 11.2. The zero-order valence-corrected chi connectivity index (χ0v) is 17.5. The molecule has 3 unspecified atom stereocenters. The van der Waals surface area contributed by atoms with E-state index in [1.54, 1.807) is 11.8 Å². The summed E-state index contributed by atoms with van der Waals surface area (Å²) in [5.41, 5.74) is 0. The monoisotopic (exact) mass is 406 g/mol. The average molecular weight is 407 g/mol. The van der Waals surface area contributed by atoms with E-state index in [0.29, 0.717) is 31.8 Å². The molecule has 6 nitrogen and oxygen atoms in total. The second kappa shape index (κ2) is 9.54. The van der Waals surface area contributed by atoms with Crippen LogP contribution < -0.4 is 5.32 Å². The van der Waals surface area contributed by atoms with Gasteiger partial charge in [-0.05, 0) is 50.0 Å². The lowest BCUT2D eigenvalue weighted by Gasteiger charge is -2.32. The van der Waals surface area contributed by atoms with Gasteiger partial charge in [0, 0.05) is 19.1 Å². The van der Waals surface area contributed by atoms with Crippen LogP contribution in [-0.4, -0.2) is 47.9 Å². The predicted molar refractivity (Wildman–Crippen MR) is 108 cm³/mol. The summed E-state index contributed by atoms with van der Waals surface area (Å²) in [5.74, 6) is -0.307. The van der Waals surface area contributed by atoms with E-state index in [0.717, 1.165) is 24.1 Å². The highest BCUT2D eigenvalue weighted by atomic mass is 32.1. The molecule has 2 fully saturated rings. The second-order valence-electron chi connectivity index (χ2n) is 8.00. The number of carbonyl (C=O) groups is 3. The number of likely N-dealkylation sites (tertiary alicyclic amines) is 1. The van der Waals surface area contributed by atoms with Crippen LogP contribution in [0.4, 0.5) is 0 Å². The van der Waals surface area contributed by atoms with Crippen molar-refractivity contribution in [2.24, 2.45) is 11.8 Å². The fraction of sp³-hybridized carbons (Fsp3) is 0.667. The van der Waals surface area contributed by atoms with Crippen LogP contribution >= 0.6 is 11.3 Å². The van der Waals surface area contributed by atoms with E-state index >= 15 is 0 Å². The van der Waals surface area contributed by atoms with Gasteiger partial charge in [-0.3, -0.25) is 14.4 Å². The van der Waals surface area contributed by atoms with Crippen LogP contribution in [-0.2, 0) is 14.3 Å². The van der Waals surface area contributed by atoms with Gasteiger partial charge in [0.05, 0.1) is 10.8 Å². The third-order valence-electron chi connectivity index (χ3n) is 5.95. The smallest absolute Gasteiger partial charge is 0.309 e. The molecule has 1 N–H and O–H groups in total. The first kappa shape index (κ1) is 20.8. The fourth-order valence-electron chi connectivity index (χ4n) is 4.03. The van der Waals surface area contributed by atoms with Crippen molar-refractivity contribution < 1.29 is 19.1 Å². The van der Waals surface area contributed by atoms with E-state index in [-0.39, 0.29) is 29.7 Å². The first-order chi connectivity index (χ1) is 13.5. The summed E-state index contributed by atoms with van der Waals surface area (Å²) >= 11 is 1.43. The Morgan fingerprint density at radius 1 is 1.18 bits per heavy atom. The normalized spacial score (nSPS) is 24.4. The summed E-state index contributed by atoms with van der Waals surface area (Å²) in [6.45, 7) is 4.87. The highest BCUT2D eigenvalue weighted by Gasteiger charge is 2.32. The van der Waals surface area contributed by atoms with E-state index < -0.39 is 6.10 Å². The number of piperidine rings is 1. The molecule has 1 aliphatic carbocycles. The fourth-order valence-corrected chi connectivity index (χ4v) is 4.72. The Labute approximate surface area is 170 Å². The maximum Gasteiger partial charge on any atom is 0.309 e. The van der Waals surface area contributed by atoms with Crippen molar-refractivity contribution in [1.29, 1.82) is 0 Å². The number of amides is 2. The van der Waals surface area contributed by atoms with Gasteiger partial charge in [-0.1, -0.05) is 25.8 Å². The maximum absolute atomic E-state index is 12.5. The van der Waals surface area contributed by atoms with Gasteiger partial charge in [-0.15, -0.1) is 11.3 Å². The van der Waals surface area contributed by atoms with E-state index in [9.17, 15) is 14.4 Å². The largest absolute Gasteiger partial charge is 0.452 e. The molecule has 2 aliphatic rings. The molecule has 0 radical (unpaired) electrons. The van der Waals surface area contributed by atoms with E-state index in [4.69, 9.17) is 4.74 Å². The maximum atomic E-state index is 12.5. The highest BCUT2D eigenvalue weighted by Crippen LogP contribution is 2.24. The minimum Gasteiger partial charge on any atom is -0.452 e. The van der Waals surface area contributed by atoms with Crippen LogP contribution in [0.3, 0.4) is 0 Å². The van der Waals surface area contributed by atoms with E-state index in [2.05, 4.69) is 12.2 Å². The molecule has 1 aromatic rings. The molecule has 3 atom stereocenters. The van der Waals surface area contributed by atoms with Crippen molar-refractivity contribution in [2.45, 2.75) is 64.5 Å². The van der Waals surface area contributed by atoms with Crippen LogP contribution in [0.2, 0.25) is 0 Å². The minimum absolute atomic E-state index is 0.0242. The van der Waals surface area contributed by atoms with Crippen molar-refractivity contribution in [3.8, 4) is 0 Å². The van der Waals surface area contributed by atoms with Crippen LogP contribution in [0.1, 0.15) is 62.0 Å². The Balaban J connectivity index is 1.43. The van der Waals surface area contributed by atoms with Crippen molar-refractivity contribution in [3.63, 3.8) is 0 Å². The molecule has 2 amide bonds. The molecular formula is C21H30N2O4S. The molecule has 1 aromatic heterocycles. The van der Waals surface area contributed by atoms with Gasteiger partial charge in [0.15, 0.2) is 6.10 Å². The van der Waals surface area contributed by atoms with Crippen molar-refractivity contribution in [3.05, 3.63) is 22.4 Å². The van der Waals surface area contributed by atoms with Gasteiger partial charge in [0.25, 0.3) is 11.8 Å². The highest BCUT2D eigenvalue weighted by molar-refractivity contribution is 7.12. The second-order valence-corrected chi connectivity index (χ2v) is 8.95. The summed E-state index contributed by atoms with van der Waals surface area (Å²) in [4.78, 5) is 39.8. The molecule has 0 bridgehead atoms. The van der Waals surface area contributed by atoms with Gasteiger partial charge in [-0.2, -0.15) is 0 Å². The van der Waals surface area contributed by atoms with Crippen molar-refractivity contribution >= 4 is 29.1 Å². The Morgan fingerprint density at radius 2 is 1.89 bits per heavy atom. The summed E-state index contributed by atoms with van der Waals surface area (Å²) in [5, 5.41) is 4.93. The molecule has 1 aliphatic heterocycles. The molecule has 3 rings (SSSR count). The molecule has 2 heterocycles. The van der Waals surface area contributed by atoms with Gasteiger partial charge >= 0.3 is 5.97 Å². The number of hydrogen-bond acceptors (Lipinski definition) is 5. The Bertz CT molecular complexity index is 683. The number of thiophene rings is 1. The molecule has 0 spiro atoms.